The quantitative estimate of drug-likeness (QED) is 0.738. The summed E-state index contributed by atoms with van der Waals surface area (Å²) in [4.78, 5) is 2.59. The molecule has 112 valence electrons. The second kappa shape index (κ2) is 9.11. The smallest absolute Gasteiger partial charge is 0.0590 e. The maximum atomic E-state index is 5.36. The average Bonchev–Trinajstić information content (AvgIpc) is 2.52. The van der Waals surface area contributed by atoms with Gasteiger partial charge in [-0.05, 0) is 44.8 Å². The molecule has 3 heteroatoms. The number of nitrogens with zero attached hydrogens (tertiary/aromatic N) is 1. The maximum Gasteiger partial charge on any atom is 0.0590 e. The van der Waals surface area contributed by atoms with E-state index in [0.29, 0.717) is 6.04 Å². The first-order valence-electron chi connectivity index (χ1n) is 7.96. The summed E-state index contributed by atoms with van der Waals surface area (Å²) in [6.45, 7) is 8.33. The summed E-state index contributed by atoms with van der Waals surface area (Å²) in [6, 6.07) is 11.5. The average molecular weight is 276 g/mol. The Balaban J connectivity index is 1.57. The van der Waals surface area contributed by atoms with Crippen LogP contribution in [-0.4, -0.2) is 50.3 Å². The minimum atomic E-state index is 0.684. The number of ether oxygens (including phenoxy) is 1. The van der Waals surface area contributed by atoms with Gasteiger partial charge in [-0.15, -0.1) is 0 Å². The van der Waals surface area contributed by atoms with Gasteiger partial charge in [0.25, 0.3) is 0 Å². The van der Waals surface area contributed by atoms with Crippen LogP contribution in [-0.2, 0) is 11.2 Å². The third-order valence-electron chi connectivity index (χ3n) is 4.03. The van der Waals surface area contributed by atoms with Gasteiger partial charge in [0.05, 0.1) is 6.61 Å². The van der Waals surface area contributed by atoms with Crippen molar-refractivity contribution in [1.82, 2.24) is 10.2 Å². The Morgan fingerprint density at radius 2 is 1.95 bits per heavy atom. The SMILES string of the molecule is CCOCCNC1CCN(CCc2ccccc2)CC1. The fraction of sp³-hybridized carbons (Fsp3) is 0.647. The van der Waals surface area contributed by atoms with Crippen molar-refractivity contribution in [1.29, 1.82) is 0 Å². The highest BCUT2D eigenvalue weighted by molar-refractivity contribution is 5.14. The number of hydrogen-bond donors (Lipinski definition) is 1. The van der Waals surface area contributed by atoms with E-state index in [1.807, 2.05) is 6.92 Å². The van der Waals surface area contributed by atoms with E-state index in [0.717, 1.165) is 19.8 Å². The molecular weight excluding hydrogens is 248 g/mol. The van der Waals surface area contributed by atoms with Gasteiger partial charge in [0.1, 0.15) is 0 Å². The van der Waals surface area contributed by atoms with Crippen molar-refractivity contribution in [3.05, 3.63) is 35.9 Å². The van der Waals surface area contributed by atoms with Crippen LogP contribution in [0.4, 0.5) is 0 Å². The van der Waals surface area contributed by atoms with Crippen molar-refractivity contribution in [3.63, 3.8) is 0 Å². The summed E-state index contributed by atoms with van der Waals surface area (Å²) in [5.74, 6) is 0. The molecule has 1 N–H and O–H groups in total. The molecule has 0 radical (unpaired) electrons. The molecule has 0 saturated carbocycles. The number of nitrogens with one attached hydrogen (secondary N) is 1. The van der Waals surface area contributed by atoms with Crippen molar-refractivity contribution in [3.8, 4) is 0 Å². The van der Waals surface area contributed by atoms with Crippen molar-refractivity contribution >= 4 is 0 Å². The highest BCUT2D eigenvalue weighted by Gasteiger charge is 2.17. The first kappa shape index (κ1) is 15.5. The molecule has 1 aromatic carbocycles. The fourth-order valence-electron chi connectivity index (χ4n) is 2.77. The minimum Gasteiger partial charge on any atom is -0.380 e. The first-order chi connectivity index (χ1) is 9.88. The van der Waals surface area contributed by atoms with Gasteiger partial charge in [0.2, 0.25) is 0 Å². The number of piperidine rings is 1. The zero-order valence-electron chi connectivity index (χ0n) is 12.7. The van der Waals surface area contributed by atoms with Gasteiger partial charge in [0.15, 0.2) is 0 Å². The van der Waals surface area contributed by atoms with Crippen molar-refractivity contribution in [2.24, 2.45) is 0 Å². The summed E-state index contributed by atoms with van der Waals surface area (Å²) in [6.07, 6.45) is 3.70. The van der Waals surface area contributed by atoms with E-state index in [2.05, 4.69) is 40.5 Å². The molecule has 1 heterocycles. The summed E-state index contributed by atoms with van der Waals surface area (Å²) in [5, 5.41) is 3.60. The van der Waals surface area contributed by atoms with E-state index in [9.17, 15) is 0 Å². The van der Waals surface area contributed by atoms with Crippen LogP contribution in [0.5, 0.6) is 0 Å². The largest absolute Gasteiger partial charge is 0.380 e. The van der Waals surface area contributed by atoms with Crippen molar-refractivity contribution in [2.45, 2.75) is 32.2 Å². The molecule has 0 amide bonds. The Morgan fingerprint density at radius 3 is 2.65 bits per heavy atom. The molecular formula is C17H28N2O. The van der Waals surface area contributed by atoms with Gasteiger partial charge in [0, 0.05) is 25.7 Å². The fourth-order valence-corrected chi connectivity index (χ4v) is 2.77. The van der Waals surface area contributed by atoms with Crippen molar-refractivity contribution in [2.75, 3.05) is 39.4 Å². The van der Waals surface area contributed by atoms with Crippen LogP contribution < -0.4 is 5.32 Å². The van der Waals surface area contributed by atoms with Gasteiger partial charge >= 0.3 is 0 Å². The lowest BCUT2D eigenvalue weighted by Gasteiger charge is -2.32. The lowest BCUT2D eigenvalue weighted by Crippen LogP contribution is -2.43. The number of likely N-dealkylation sites (tertiary alicyclic amines) is 1. The normalized spacial score (nSPS) is 17.4. The molecule has 0 aliphatic carbocycles. The molecule has 1 aliphatic rings. The Bertz CT molecular complexity index is 347. The first-order valence-corrected chi connectivity index (χ1v) is 7.96. The monoisotopic (exact) mass is 276 g/mol. The van der Waals surface area contributed by atoms with Crippen LogP contribution in [0.1, 0.15) is 25.3 Å². The molecule has 1 fully saturated rings. The van der Waals surface area contributed by atoms with Crippen LogP contribution in [0.25, 0.3) is 0 Å². The standard InChI is InChI=1S/C17H28N2O/c1-2-20-15-11-18-17-9-13-19(14-10-17)12-8-16-6-4-3-5-7-16/h3-7,17-18H,2,8-15H2,1H3. The second-order valence-electron chi connectivity index (χ2n) is 5.50. The Morgan fingerprint density at radius 1 is 1.20 bits per heavy atom. The molecule has 1 saturated heterocycles. The Hall–Kier alpha value is -0.900. The third kappa shape index (κ3) is 5.61. The van der Waals surface area contributed by atoms with Crippen molar-refractivity contribution < 1.29 is 4.74 Å². The molecule has 2 rings (SSSR count). The summed E-state index contributed by atoms with van der Waals surface area (Å²) in [7, 11) is 0. The molecule has 0 unspecified atom stereocenters. The summed E-state index contributed by atoms with van der Waals surface area (Å²) < 4.78 is 5.36. The zero-order chi connectivity index (χ0) is 14.0. The van der Waals surface area contributed by atoms with Gasteiger partial charge in [-0.25, -0.2) is 0 Å². The van der Waals surface area contributed by atoms with Gasteiger partial charge in [-0.1, -0.05) is 30.3 Å². The van der Waals surface area contributed by atoms with Crippen LogP contribution in [0, 0.1) is 0 Å². The minimum absolute atomic E-state index is 0.684. The zero-order valence-corrected chi connectivity index (χ0v) is 12.7. The van der Waals surface area contributed by atoms with Crippen LogP contribution in [0.15, 0.2) is 30.3 Å². The van der Waals surface area contributed by atoms with Gasteiger partial charge < -0.3 is 15.0 Å². The van der Waals surface area contributed by atoms with E-state index < -0.39 is 0 Å². The molecule has 0 bridgehead atoms. The molecule has 1 aromatic rings. The summed E-state index contributed by atoms with van der Waals surface area (Å²) in [5.41, 5.74) is 1.45. The molecule has 3 nitrogen and oxygen atoms in total. The molecule has 0 spiro atoms. The Kier molecular flexibility index (Phi) is 7.06. The lowest BCUT2D eigenvalue weighted by atomic mass is 10.0. The molecule has 0 atom stereocenters. The maximum absolute atomic E-state index is 5.36. The topological polar surface area (TPSA) is 24.5 Å². The predicted octanol–water partition coefficient (Wildman–Crippen LogP) is 2.32. The van der Waals surface area contributed by atoms with Gasteiger partial charge in [-0.2, -0.15) is 0 Å². The number of hydrogen-bond acceptors (Lipinski definition) is 3. The summed E-state index contributed by atoms with van der Waals surface area (Å²) >= 11 is 0. The molecule has 0 aromatic heterocycles. The van der Waals surface area contributed by atoms with Gasteiger partial charge in [-0.3, -0.25) is 0 Å². The van der Waals surface area contributed by atoms with E-state index in [1.165, 1.54) is 44.5 Å². The van der Waals surface area contributed by atoms with Crippen LogP contribution in [0.3, 0.4) is 0 Å². The van der Waals surface area contributed by atoms with Crippen LogP contribution >= 0.6 is 0 Å². The van der Waals surface area contributed by atoms with E-state index in [1.54, 1.807) is 0 Å². The third-order valence-corrected chi connectivity index (χ3v) is 4.03. The van der Waals surface area contributed by atoms with E-state index >= 15 is 0 Å². The lowest BCUT2D eigenvalue weighted by molar-refractivity contribution is 0.139. The van der Waals surface area contributed by atoms with E-state index in [-0.39, 0.29) is 0 Å². The van der Waals surface area contributed by atoms with E-state index in [4.69, 9.17) is 4.74 Å². The number of rotatable bonds is 8. The molecule has 1 aliphatic heterocycles. The molecule has 20 heavy (non-hydrogen) atoms. The predicted molar refractivity (Wildman–Crippen MR) is 84.1 cm³/mol. The Labute approximate surface area is 123 Å². The second-order valence-corrected chi connectivity index (χ2v) is 5.50. The highest BCUT2D eigenvalue weighted by atomic mass is 16.5. The highest BCUT2D eigenvalue weighted by Crippen LogP contribution is 2.11. The van der Waals surface area contributed by atoms with Crippen LogP contribution in [0.2, 0.25) is 0 Å². The number of benzene rings is 1.